The number of carbonyl (C=O) groups excluding carboxylic acids is 1. The number of hydrogen-bond acceptors (Lipinski definition) is 5. The van der Waals surface area contributed by atoms with Crippen molar-refractivity contribution in [2.45, 2.75) is 19.8 Å². The van der Waals surface area contributed by atoms with Gasteiger partial charge in [0.2, 0.25) is 0 Å². The van der Waals surface area contributed by atoms with Gasteiger partial charge < -0.3 is 19.7 Å². The predicted molar refractivity (Wildman–Crippen MR) is 74.1 cm³/mol. The van der Waals surface area contributed by atoms with Crippen LogP contribution in [0.1, 0.15) is 25.6 Å². The van der Waals surface area contributed by atoms with Gasteiger partial charge >= 0.3 is 11.9 Å². The molecule has 1 aliphatic heterocycles. The van der Waals surface area contributed by atoms with E-state index in [4.69, 9.17) is 4.74 Å². The summed E-state index contributed by atoms with van der Waals surface area (Å²) in [6.07, 6.45) is 3.27. The molecular formula is C14H17N3O4. The van der Waals surface area contributed by atoms with E-state index >= 15 is 0 Å². The van der Waals surface area contributed by atoms with Crippen molar-refractivity contribution in [3.63, 3.8) is 0 Å². The average Bonchev–Trinajstić information content (AvgIpc) is 2.82. The minimum absolute atomic E-state index is 0.0929. The third-order valence-corrected chi connectivity index (χ3v) is 3.51. The van der Waals surface area contributed by atoms with Crippen LogP contribution in [-0.4, -0.2) is 33.7 Å². The van der Waals surface area contributed by atoms with Crippen LogP contribution in [0.15, 0.2) is 34.9 Å². The Balaban J connectivity index is 2.69. The second-order valence-corrected chi connectivity index (χ2v) is 4.83. The number of aromatic nitrogens is 2. The molecule has 2 rings (SSSR count). The highest BCUT2D eigenvalue weighted by Crippen LogP contribution is 2.37. The predicted octanol–water partition coefficient (Wildman–Crippen LogP) is 0.912. The molecule has 2 heterocycles. The maximum Gasteiger partial charge on any atom is 0.336 e. The molecule has 0 saturated heterocycles. The van der Waals surface area contributed by atoms with Crippen molar-refractivity contribution in [3.05, 3.63) is 40.8 Å². The lowest BCUT2D eigenvalue weighted by Gasteiger charge is -2.28. The molecule has 1 aromatic rings. The van der Waals surface area contributed by atoms with E-state index in [1.54, 1.807) is 37.9 Å². The van der Waals surface area contributed by atoms with E-state index in [9.17, 15) is 14.7 Å². The molecule has 0 saturated carbocycles. The zero-order chi connectivity index (χ0) is 15.7. The maximum atomic E-state index is 12.1. The van der Waals surface area contributed by atoms with Crippen molar-refractivity contribution in [1.82, 2.24) is 14.9 Å². The summed E-state index contributed by atoms with van der Waals surface area (Å²) in [6, 6.07) is 0. The number of ether oxygens (including phenoxy) is 1. The Kier molecular flexibility index (Phi) is 3.84. The number of hydrogen-bond donors (Lipinski definition) is 2. The van der Waals surface area contributed by atoms with Gasteiger partial charge in [-0.25, -0.2) is 14.6 Å². The number of dihydropyridines is 1. The molecular weight excluding hydrogens is 274 g/mol. The van der Waals surface area contributed by atoms with E-state index in [1.807, 2.05) is 0 Å². The van der Waals surface area contributed by atoms with Crippen molar-refractivity contribution in [2.24, 2.45) is 7.05 Å². The van der Waals surface area contributed by atoms with Crippen molar-refractivity contribution in [2.75, 3.05) is 7.11 Å². The second kappa shape index (κ2) is 5.43. The molecule has 1 atom stereocenters. The highest BCUT2D eigenvalue weighted by atomic mass is 16.5. The number of aryl methyl sites for hydroxylation is 1. The fourth-order valence-corrected chi connectivity index (χ4v) is 2.57. The number of rotatable bonds is 3. The van der Waals surface area contributed by atoms with Crippen LogP contribution >= 0.6 is 0 Å². The van der Waals surface area contributed by atoms with Gasteiger partial charge in [0.05, 0.1) is 24.2 Å². The number of imidazole rings is 1. The fourth-order valence-electron chi connectivity index (χ4n) is 2.57. The number of carboxylic acids is 1. The van der Waals surface area contributed by atoms with E-state index in [0.717, 1.165) is 0 Å². The van der Waals surface area contributed by atoms with Crippen molar-refractivity contribution in [1.29, 1.82) is 0 Å². The summed E-state index contributed by atoms with van der Waals surface area (Å²) in [7, 11) is 3.02. The summed E-state index contributed by atoms with van der Waals surface area (Å²) < 4.78 is 6.50. The standard InChI is InChI=1S/C14H17N3O4/c1-7-9(13(18)19)11(12-15-5-6-17(12)3)10(8(2)16-7)14(20)21-4/h5-6,11,16H,1-4H3,(H,18,19). The van der Waals surface area contributed by atoms with Crippen LogP contribution in [0.3, 0.4) is 0 Å². The van der Waals surface area contributed by atoms with Crippen LogP contribution in [0.4, 0.5) is 0 Å². The van der Waals surface area contributed by atoms with Gasteiger partial charge in [0, 0.05) is 30.8 Å². The number of carbonyl (C=O) groups is 2. The molecule has 0 spiro atoms. The molecule has 21 heavy (non-hydrogen) atoms. The Morgan fingerprint density at radius 2 is 1.95 bits per heavy atom. The molecule has 1 unspecified atom stereocenters. The first kappa shape index (κ1) is 14.8. The molecule has 0 bridgehead atoms. The first-order valence-electron chi connectivity index (χ1n) is 6.35. The van der Waals surface area contributed by atoms with Crippen molar-refractivity contribution in [3.8, 4) is 0 Å². The third kappa shape index (κ3) is 2.42. The molecule has 0 aliphatic carbocycles. The van der Waals surface area contributed by atoms with E-state index < -0.39 is 17.9 Å². The summed E-state index contributed by atoms with van der Waals surface area (Å²) in [6.45, 7) is 3.38. The molecule has 0 radical (unpaired) electrons. The van der Waals surface area contributed by atoms with Crippen LogP contribution in [0.25, 0.3) is 0 Å². The molecule has 7 nitrogen and oxygen atoms in total. The first-order chi connectivity index (χ1) is 9.88. The number of esters is 1. The van der Waals surface area contributed by atoms with Gasteiger partial charge in [-0.15, -0.1) is 0 Å². The molecule has 0 fully saturated rings. The Bertz CT molecular complexity index is 670. The van der Waals surface area contributed by atoms with Gasteiger partial charge in [0.15, 0.2) is 0 Å². The lowest BCUT2D eigenvalue weighted by Crippen LogP contribution is -2.32. The summed E-state index contributed by atoms with van der Waals surface area (Å²) in [5.41, 5.74) is 1.41. The number of aliphatic carboxylic acids is 1. The van der Waals surface area contributed by atoms with Crippen molar-refractivity contribution < 1.29 is 19.4 Å². The van der Waals surface area contributed by atoms with Crippen LogP contribution in [0.2, 0.25) is 0 Å². The minimum Gasteiger partial charge on any atom is -0.478 e. The quantitative estimate of drug-likeness (QED) is 0.804. The Morgan fingerprint density at radius 1 is 1.33 bits per heavy atom. The van der Waals surface area contributed by atoms with E-state index in [0.29, 0.717) is 17.2 Å². The monoisotopic (exact) mass is 291 g/mol. The summed E-state index contributed by atoms with van der Waals surface area (Å²) in [5.74, 6) is -1.95. The highest BCUT2D eigenvalue weighted by Gasteiger charge is 2.39. The van der Waals surface area contributed by atoms with Gasteiger partial charge in [0.1, 0.15) is 5.82 Å². The number of methoxy groups -OCH3 is 1. The second-order valence-electron chi connectivity index (χ2n) is 4.83. The van der Waals surface area contributed by atoms with E-state index in [2.05, 4.69) is 10.3 Å². The number of nitrogens with zero attached hydrogens (tertiary/aromatic N) is 2. The molecule has 112 valence electrons. The average molecular weight is 291 g/mol. The van der Waals surface area contributed by atoms with Crippen LogP contribution in [0.5, 0.6) is 0 Å². The molecule has 7 heteroatoms. The molecule has 2 N–H and O–H groups in total. The number of carboxylic acid groups (broad SMARTS) is 1. The smallest absolute Gasteiger partial charge is 0.336 e. The van der Waals surface area contributed by atoms with Crippen LogP contribution in [-0.2, 0) is 21.4 Å². The lowest BCUT2D eigenvalue weighted by atomic mass is 9.84. The molecule has 1 aromatic heterocycles. The Labute approximate surface area is 121 Å². The third-order valence-electron chi connectivity index (χ3n) is 3.51. The van der Waals surface area contributed by atoms with E-state index in [-0.39, 0.29) is 11.1 Å². The van der Waals surface area contributed by atoms with Gasteiger partial charge in [0.25, 0.3) is 0 Å². The summed E-state index contributed by atoms with van der Waals surface area (Å²) in [5, 5.41) is 12.4. The zero-order valence-electron chi connectivity index (χ0n) is 12.3. The zero-order valence-corrected chi connectivity index (χ0v) is 12.3. The molecule has 0 amide bonds. The van der Waals surface area contributed by atoms with E-state index in [1.165, 1.54) is 7.11 Å². The maximum absolute atomic E-state index is 12.1. The largest absolute Gasteiger partial charge is 0.478 e. The van der Waals surface area contributed by atoms with Crippen LogP contribution in [0, 0.1) is 0 Å². The van der Waals surface area contributed by atoms with Gasteiger partial charge in [-0.3, -0.25) is 0 Å². The summed E-state index contributed by atoms with van der Waals surface area (Å²) in [4.78, 5) is 27.9. The normalized spacial score (nSPS) is 18.6. The van der Waals surface area contributed by atoms with Gasteiger partial charge in [-0.05, 0) is 13.8 Å². The Morgan fingerprint density at radius 3 is 2.43 bits per heavy atom. The fraction of sp³-hybridized carbons (Fsp3) is 0.357. The van der Waals surface area contributed by atoms with Gasteiger partial charge in [-0.2, -0.15) is 0 Å². The number of allylic oxidation sites excluding steroid dienone is 2. The summed E-state index contributed by atoms with van der Waals surface area (Å²) >= 11 is 0. The topological polar surface area (TPSA) is 93.4 Å². The number of nitrogens with one attached hydrogen (secondary N) is 1. The molecule has 1 aliphatic rings. The Hall–Kier alpha value is -2.57. The van der Waals surface area contributed by atoms with Crippen molar-refractivity contribution >= 4 is 11.9 Å². The SMILES string of the molecule is COC(=O)C1=C(C)NC(C)=C(C(=O)O)C1c1nccn1C. The minimum atomic E-state index is -1.10. The molecule has 0 aromatic carbocycles. The first-order valence-corrected chi connectivity index (χ1v) is 6.35. The highest BCUT2D eigenvalue weighted by molar-refractivity contribution is 5.98. The van der Waals surface area contributed by atoms with Crippen LogP contribution < -0.4 is 5.32 Å². The van der Waals surface area contributed by atoms with Gasteiger partial charge in [-0.1, -0.05) is 0 Å². The lowest BCUT2D eigenvalue weighted by molar-refractivity contribution is -0.136.